The lowest BCUT2D eigenvalue weighted by Gasteiger charge is -2.12. The summed E-state index contributed by atoms with van der Waals surface area (Å²) < 4.78 is 11.4. The van der Waals surface area contributed by atoms with E-state index >= 15 is 0 Å². The minimum absolute atomic E-state index is 0.0932. The summed E-state index contributed by atoms with van der Waals surface area (Å²) >= 11 is 9.98. The fourth-order valence-corrected chi connectivity index (χ4v) is 2.87. The molecule has 1 unspecified atom stereocenters. The molecule has 0 N–H and O–H groups in total. The normalized spacial score (nSPS) is 12.0. The van der Waals surface area contributed by atoms with Crippen LogP contribution in [0, 0.1) is 0 Å². The molecular weight excluding hydrogens is 340 g/mol. The van der Waals surface area contributed by atoms with E-state index in [4.69, 9.17) is 21.1 Å². The molecule has 0 aromatic heterocycles. The predicted molar refractivity (Wildman–Crippen MR) is 86.0 cm³/mol. The average molecular weight is 356 g/mol. The molecule has 1 atom stereocenters. The van der Waals surface area contributed by atoms with Gasteiger partial charge in [-0.3, -0.25) is 0 Å². The van der Waals surface area contributed by atoms with E-state index < -0.39 is 0 Å². The molecule has 0 saturated heterocycles. The van der Waals surface area contributed by atoms with E-state index in [9.17, 15) is 0 Å². The summed E-state index contributed by atoms with van der Waals surface area (Å²) in [6, 6.07) is 13.9. The Morgan fingerprint density at radius 3 is 2.55 bits per heavy atom. The molecule has 0 radical (unpaired) electrons. The molecule has 0 fully saturated rings. The van der Waals surface area contributed by atoms with Crippen LogP contribution in [-0.4, -0.2) is 14.2 Å². The lowest BCUT2D eigenvalue weighted by atomic mass is 10.0. The highest BCUT2D eigenvalue weighted by Gasteiger charge is 2.11. The maximum Gasteiger partial charge on any atom is 0.133 e. The quantitative estimate of drug-likeness (QED) is 0.704. The Bertz CT molecular complexity index is 586. The van der Waals surface area contributed by atoms with E-state index in [2.05, 4.69) is 22.0 Å². The molecule has 2 aromatic carbocycles. The van der Waals surface area contributed by atoms with Gasteiger partial charge in [-0.05, 0) is 57.7 Å². The Morgan fingerprint density at radius 2 is 1.90 bits per heavy atom. The van der Waals surface area contributed by atoms with Crippen LogP contribution in [0.15, 0.2) is 46.9 Å². The van der Waals surface area contributed by atoms with E-state index in [1.807, 2.05) is 36.4 Å². The first-order valence-corrected chi connectivity index (χ1v) is 7.47. The maximum absolute atomic E-state index is 6.50. The summed E-state index contributed by atoms with van der Waals surface area (Å²) in [4.78, 5) is 0. The number of benzene rings is 2. The zero-order valence-electron chi connectivity index (χ0n) is 11.4. The molecule has 20 heavy (non-hydrogen) atoms. The number of alkyl halides is 1. The van der Waals surface area contributed by atoms with Gasteiger partial charge in [0.2, 0.25) is 0 Å². The number of hydrogen-bond donors (Lipinski definition) is 0. The van der Waals surface area contributed by atoms with Crippen LogP contribution in [0.1, 0.15) is 16.5 Å². The van der Waals surface area contributed by atoms with Gasteiger partial charge in [0.1, 0.15) is 11.5 Å². The van der Waals surface area contributed by atoms with Crippen molar-refractivity contribution in [3.63, 3.8) is 0 Å². The third-order valence-corrected chi connectivity index (χ3v) is 4.11. The molecule has 0 saturated carbocycles. The van der Waals surface area contributed by atoms with Crippen LogP contribution < -0.4 is 9.47 Å². The van der Waals surface area contributed by atoms with Crippen LogP contribution in [0.4, 0.5) is 0 Å². The van der Waals surface area contributed by atoms with Gasteiger partial charge in [-0.15, -0.1) is 11.6 Å². The molecule has 0 aliphatic carbocycles. The first kappa shape index (κ1) is 15.2. The van der Waals surface area contributed by atoms with Crippen LogP contribution in [0.25, 0.3) is 0 Å². The van der Waals surface area contributed by atoms with E-state index in [0.717, 1.165) is 33.5 Å². The molecule has 4 heteroatoms. The highest BCUT2D eigenvalue weighted by atomic mass is 79.9. The molecule has 0 heterocycles. The van der Waals surface area contributed by atoms with Crippen molar-refractivity contribution in [1.82, 2.24) is 0 Å². The standard InChI is InChI=1S/C16H16BrClO2/c1-19-13-5-3-4-11(8-13)9-15(18)12-6-7-16(20-2)14(17)10-12/h3-8,10,15H,9H2,1-2H3. The van der Waals surface area contributed by atoms with E-state index in [1.165, 1.54) is 0 Å². The highest BCUT2D eigenvalue weighted by molar-refractivity contribution is 9.10. The Hall–Kier alpha value is -1.19. The largest absolute Gasteiger partial charge is 0.497 e. The van der Waals surface area contributed by atoms with Crippen molar-refractivity contribution < 1.29 is 9.47 Å². The van der Waals surface area contributed by atoms with E-state index in [1.54, 1.807) is 14.2 Å². The van der Waals surface area contributed by atoms with Gasteiger partial charge in [-0.1, -0.05) is 18.2 Å². The summed E-state index contributed by atoms with van der Waals surface area (Å²) in [6.07, 6.45) is 0.748. The SMILES string of the molecule is COc1cccc(CC(Cl)c2ccc(OC)c(Br)c2)c1. The van der Waals surface area contributed by atoms with Crippen LogP contribution in [0.5, 0.6) is 11.5 Å². The third kappa shape index (κ3) is 3.68. The molecule has 0 aliphatic heterocycles. The number of rotatable bonds is 5. The lowest BCUT2D eigenvalue weighted by molar-refractivity contribution is 0.412. The second-order valence-electron chi connectivity index (χ2n) is 4.42. The minimum Gasteiger partial charge on any atom is -0.497 e. The van der Waals surface area contributed by atoms with Crippen molar-refractivity contribution in [2.75, 3.05) is 14.2 Å². The monoisotopic (exact) mass is 354 g/mol. The fourth-order valence-electron chi connectivity index (χ4n) is 2.00. The Kier molecular flexibility index (Phi) is 5.32. The summed E-state index contributed by atoms with van der Waals surface area (Å²) in [5.41, 5.74) is 2.21. The molecule has 106 valence electrons. The van der Waals surface area contributed by atoms with Gasteiger partial charge >= 0.3 is 0 Å². The smallest absolute Gasteiger partial charge is 0.133 e. The molecule has 2 aromatic rings. The highest BCUT2D eigenvalue weighted by Crippen LogP contribution is 2.32. The van der Waals surface area contributed by atoms with Gasteiger partial charge < -0.3 is 9.47 Å². The Labute approximate surface area is 132 Å². The molecular formula is C16H16BrClO2. The van der Waals surface area contributed by atoms with Crippen molar-refractivity contribution in [3.05, 3.63) is 58.1 Å². The van der Waals surface area contributed by atoms with Crippen molar-refractivity contribution in [3.8, 4) is 11.5 Å². The van der Waals surface area contributed by atoms with Gasteiger partial charge in [-0.25, -0.2) is 0 Å². The fraction of sp³-hybridized carbons (Fsp3) is 0.250. The van der Waals surface area contributed by atoms with Gasteiger partial charge in [0.05, 0.1) is 24.1 Å². The zero-order valence-corrected chi connectivity index (χ0v) is 13.7. The van der Waals surface area contributed by atoms with Crippen molar-refractivity contribution >= 4 is 27.5 Å². The molecule has 0 bridgehead atoms. The van der Waals surface area contributed by atoms with Gasteiger partial charge in [0, 0.05) is 0 Å². The minimum atomic E-state index is -0.0932. The topological polar surface area (TPSA) is 18.5 Å². The molecule has 0 spiro atoms. The van der Waals surface area contributed by atoms with Crippen LogP contribution >= 0.6 is 27.5 Å². The molecule has 0 aliphatic rings. The number of ether oxygens (including phenoxy) is 2. The van der Waals surface area contributed by atoms with E-state index in [-0.39, 0.29) is 5.38 Å². The molecule has 0 amide bonds. The zero-order chi connectivity index (χ0) is 14.5. The number of halogens is 2. The Balaban J connectivity index is 2.14. The van der Waals surface area contributed by atoms with E-state index in [0.29, 0.717) is 0 Å². The third-order valence-electron chi connectivity index (χ3n) is 3.09. The van der Waals surface area contributed by atoms with Gasteiger partial charge in [-0.2, -0.15) is 0 Å². The second-order valence-corrected chi connectivity index (χ2v) is 5.80. The molecule has 2 nitrogen and oxygen atoms in total. The predicted octanol–water partition coefficient (Wildman–Crippen LogP) is 4.99. The first-order valence-electron chi connectivity index (χ1n) is 6.24. The van der Waals surface area contributed by atoms with Crippen LogP contribution in [0.2, 0.25) is 0 Å². The number of methoxy groups -OCH3 is 2. The summed E-state index contributed by atoms with van der Waals surface area (Å²) in [5, 5.41) is -0.0932. The average Bonchev–Trinajstić information content (AvgIpc) is 2.47. The summed E-state index contributed by atoms with van der Waals surface area (Å²) in [6.45, 7) is 0. The Morgan fingerprint density at radius 1 is 1.10 bits per heavy atom. The summed E-state index contributed by atoms with van der Waals surface area (Å²) in [5.74, 6) is 1.65. The van der Waals surface area contributed by atoms with Crippen LogP contribution in [-0.2, 0) is 6.42 Å². The van der Waals surface area contributed by atoms with Crippen molar-refractivity contribution in [1.29, 1.82) is 0 Å². The maximum atomic E-state index is 6.50. The van der Waals surface area contributed by atoms with Crippen LogP contribution in [0.3, 0.4) is 0 Å². The first-order chi connectivity index (χ1) is 9.63. The van der Waals surface area contributed by atoms with Crippen molar-refractivity contribution in [2.45, 2.75) is 11.8 Å². The second kappa shape index (κ2) is 7.00. The van der Waals surface area contributed by atoms with Gasteiger partial charge in [0.15, 0.2) is 0 Å². The van der Waals surface area contributed by atoms with Crippen molar-refractivity contribution in [2.24, 2.45) is 0 Å². The number of hydrogen-bond acceptors (Lipinski definition) is 2. The summed E-state index contributed by atoms with van der Waals surface area (Å²) in [7, 11) is 3.31. The molecule has 2 rings (SSSR count). The lowest BCUT2D eigenvalue weighted by Crippen LogP contribution is -1.97. The van der Waals surface area contributed by atoms with Gasteiger partial charge in [0.25, 0.3) is 0 Å².